The zero-order chi connectivity index (χ0) is 32.9. The molecule has 0 fully saturated rings. The van der Waals surface area contributed by atoms with E-state index in [0.29, 0.717) is 22.3 Å². The van der Waals surface area contributed by atoms with Gasteiger partial charge in [-0.1, -0.05) is 44.5 Å². The summed E-state index contributed by atoms with van der Waals surface area (Å²) in [4.78, 5) is 37.0. The largest absolute Gasteiger partial charge is 0.458 e. The fourth-order valence-electron chi connectivity index (χ4n) is 3.81. The zero-order valence-electron chi connectivity index (χ0n) is 24.9. The lowest BCUT2D eigenvalue weighted by molar-refractivity contribution is -0.130. The molecule has 0 heterocycles. The van der Waals surface area contributed by atoms with E-state index in [2.05, 4.69) is 26.3 Å². The predicted octanol–water partition coefficient (Wildman–Crippen LogP) is 7.22. The van der Waals surface area contributed by atoms with E-state index in [9.17, 15) is 19.5 Å². The van der Waals surface area contributed by atoms with Gasteiger partial charge in [0.2, 0.25) is 6.29 Å². The van der Waals surface area contributed by atoms with E-state index in [1.54, 1.807) is 19.1 Å². The summed E-state index contributed by atoms with van der Waals surface area (Å²) in [7, 11) is 0. The molecule has 0 saturated carbocycles. The summed E-state index contributed by atoms with van der Waals surface area (Å²) in [6, 6.07) is 10.6. The molecule has 0 radical (unpaired) electrons. The topological polar surface area (TPSA) is 99.1 Å². The highest BCUT2D eigenvalue weighted by atomic mass is 19.1. The molecule has 0 aromatic heterocycles. The molecule has 1 N–H and O–H groups in total. The first kappa shape index (κ1) is 33.4. The molecule has 228 valence electrons. The minimum atomic E-state index is -1.54. The zero-order valence-corrected chi connectivity index (χ0v) is 24.9. The molecule has 9 heteroatoms. The van der Waals surface area contributed by atoms with Gasteiger partial charge in [0.1, 0.15) is 17.3 Å². The Morgan fingerprint density at radius 1 is 0.727 bits per heavy atom. The molecule has 3 aromatic rings. The SMILES string of the molecule is C=C(C)C(=O)Cc1cc(OC(=O)C(=C)C)ccc1-c1ccc(-c2cc(F)c(OC(O)C(=C)C)cc2OC(=O)C(=C)C)c(F)c1. The van der Waals surface area contributed by atoms with Crippen LogP contribution in [0.2, 0.25) is 0 Å². The summed E-state index contributed by atoms with van der Waals surface area (Å²) in [6.45, 7) is 20.2. The van der Waals surface area contributed by atoms with Crippen molar-refractivity contribution in [2.45, 2.75) is 40.4 Å². The van der Waals surface area contributed by atoms with Gasteiger partial charge < -0.3 is 19.3 Å². The number of benzene rings is 3. The summed E-state index contributed by atoms with van der Waals surface area (Å²) in [5, 5.41) is 10.0. The smallest absolute Gasteiger partial charge is 0.338 e. The summed E-state index contributed by atoms with van der Waals surface area (Å²) < 4.78 is 46.8. The van der Waals surface area contributed by atoms with Gasteiger partial charge in [0, 0.05) is 34.8 Å². The Morgan fingerprint density at radius 2 is 1.34 bits per heavy atom. The first-order valence-corrected chi connectivity index (χ1v) is 13.3. The highest BCUT2D eigenvalue weighted by Gasteiger charge is 2.22. The molecular formula is C35H32F2O7. The van der Waals surface area contributed by atoms with Gasteiger partial charge in [-0.3, -0.25) is 4.79 Å². The number of ether oxygens (including phenoxy) is 3. The molecule has 3 rings (SSSR count). The fourth-order valence-corrected chi connectivity index (χ4v) is 3.81. The molecule has 7 nitrogen and oxygen atoms in total. The Kier molecular flexibility index (Phi) is 10.5. The normalized spacial score (nSPS) is 11.2. The van der Waals surface area contributed by atoms with Crippen LogP contribution in [0, 0.1) is 11.6 Å². The van der Waals surface area contributed by atoms with Gasteiger partial charge in [0.25, 0.3) is 0 Å². The van der Waals surface area contributed by atoms with Gasteiger partial charge in [-0.25, -0.2) is 18.4 Å². The van der Waals surface area contributed by atoms with Crippen molar-refractivity contribution in [3.8, 4) is 39.5 Å². The molecule has 0 amide bonds. The van der Waals surface area contributed by atoms with Crippen LogP contribution in [0.4, 0.5) is 8.78 Å². The van der Waals surface area contributed by atoms with E-state index < -0.39 is 35.6 Å². The molecule has 44 heavy (non-hydrogen) atoms. The quantitative estimate of drug-likeness (QED) is 0.0768. The maximum Gasteiger partial charge on any atom is 0.338 e. The summed E-state index contributed by atoms with van der Waals surface area (Å²) in [5.74, 6) is -4.06. The number of hydrogen-bond donors (Lipinski definition) is 1. The van der Waals surface area contributed by atoms with Crippen molar-refractivity contribution in [3.05, 3.63) is 114 Å². The monoisotopic (exact) mass is 602 g/mol. The Bertz CT molecular complexity index is 1720. The number of esters is 2. The Morgan fingerprint density at radius 3 is 1.91 bits per heavy atom. The highest BCUT2D eigenvalue weighted by Crippen LogP contribution is 2.39. The summed E-state index contributed by atoms with van der Waals surface area (Å²) in [6.07, 6.45) is -1.64. The Balaban J connectivity index is 2.13. The molecule has 0 bridgehead atoms. The predicted molar refractivity (Wildman–Crippen MR) is 163 cm³/mol. The van der Waals surface area contributed by atoms with E-state index in [4.69, 9.17) is 14.2 Å². The van der Waals surface area contributed by atoms with Crippen LogP contribution in [0.15, 0.2) is 97.1 Å². The van der Waals surface area contributed by atoms with Crippen molar-refractivity contribution in [3.63, 3.8) is 0 Å². The van der Waals surface area contributed by atoms with E-state index in [1.807, 2.05) is 0 Å². The van der Waals surface area contributed by atoms with Gasteiger partial charge >= 0.3 is 11.9 Å². The first-order valence-electron chi connectivity index (χ1n) is 13.3. The minimum absolute atomic E-state index is 0.0368. The third-order valence-electron chi connectivity index (χ3n) is 6.28. The second-order valence-electron chi connectivity index (χ2n) is 10.3. The van der Waals surface area contributed by atoms with Crippen molar-refractivity contribution in [2.24, 2.45) is 0 Å². The third kappa shape index (κ3) is 8.02. The molecule has 3 aromatic carbocycles. The average Bonchev–Trinajstić information content (AvgIpc) is 2.94. The van der Waals surface area contributed by atoms with Crippen LogP contribution in [0.3, 0.4) is 0 Å². The van der Waals surface area contributed by atoms with Crippen molar-refractivity contribution >= 4 is 17.7 Å². The van der Waals surface area contributed by atoms with E-state index in [-0.39, 0.29) is 51.5 Å². The van der Waals surface area contributed by atoms with Crippen molar-refractivity contribution in [1.82, 2.24) is 0 Å². The minimum Gasteiger partial charge on any atom is -0.458 e. The van der Waals surface area contributed by atoms with Crippen LogP contribution >= 0.6 is 0 Å². The average molecular weight is 603 g/mol. The van der Waals surface area contributed by atoms with Gasteiger partial charge in [-0.2, -0.15) is 0 Å². The number of aliphatic hydroxyl groups is 1. The summed E-state index contributed by atoms with van der Waals surface area (Å²) in [5.41, 5.74) is 1.77. The number of halogens is 2. The van der Waals surface area contributed by atoms with Crippen molar-refractivity contribution in [2.75, 3.05) is 0 Å². The maximum atomic E-state index is 15.8. The molecule has 0 saturated heterocycles. The molecule has 0 aliphatic rings. The molecule has 0 spiro atoms. The summed E-state index contributed by atoms with van der Waals surface area (Å²) >= 11 is 0. The molecule has 1 unspecified atom stereocenters. The molecule has 1 atom stereocenters. The van der Waals surface area contributed by atoms with Crippen LogP contribution in [0.1, 0.15) is 33.3 Å². The Labute approximate surface area is 254 Å². The van der Waals surface area contributed by atoms with Crippen molar-refractivity contribution in [1.29, 1.82) is 0 Å². The maximum absolute atomic E-state index is 15.8. The van der Waals surface area contributed by atoms with E-state index in [0.717, 1.165) is 12.1 Å². The van der Waals surface area contributed by atoms with Crippen LogP contribution < -0.4 is 14.2 Å². The van der Waals surface area contributed by atoms with Gasteiger partial charge in [-0.05, 0) is 79.8 Å². The number of hydrogen-bond acceptors (Lipinski definition) is 7. The fraction of sp³-hybridized carbons (Fsp3) is 0.171. The first-order chi connectivity index (χ1) is 20.6. The molecule has 0 aliphatic heterocycles. The number of aliphatic hydroxyl groups excluding tert-OH is 1. The van der Waals surface area contributed by atoms with Crippen molar-refractivity contribution < 1.29 is 42.5 Å². The molecule has 0 aliphatic carbocycles. The number of carbonyl (C=O) groups excluding carboxylic acids is 3. The lowest BCUT2D eigenvalue weighted by Crippen LogP contribution is -2.17. The third-order valence-corrected chi connectivity index (χ3v) is 6.28. The second-order valence-corrected chi connectivity index (χ2v) is 10.3. The highest BCUT2D eigenvalue weighted by molar-refractivity contribution is 5.97. The number of rotatable bonds is 12. The van der Waals surface area contributed by atoms with Gasteiger partial charge in [0.15, 0.2) is 17.3 Å². The number of Topliss-reactive ketones (excluding diaryl/α,β-unsaturated/α-hetero) is 1. The Hall–Kier alpha value is -5.15. The number of allylic oxidation sites excluding steroid dienone is 1. The second kappa shape index (κ2) is 13.9. The van der Waals surface area contributed by atoms with Gasteiger partial charge in [-0.15, -0.1) is 0 Å². The van der Waals surface area contributed by atoms with Crippen LogP contribution in [0.5, 0.6) is 17.2 Å². The molecular weight excluding hydrogens is 570 g/mol. The van der Waals surface area contributed by atoms with E-state index >= 15 is 8.78 Å². The van der Waals surface area contributed by atoms with Gasteiger partial charge in [0.05, 0.1) is 0 Å². The van der Waals surface area contributed by atoms with Crippen LogP contribution in [-0.2, 0) is 20.8 Å². The van der Waals surface area contributed by atoms with E-state index in [1.165, 1.54) is 45.0 Å². The van der Waals surface area contributed by atoms with Crippen LogP contribution in [-0.4, -0.2) is 29.1 Å². The number of carbonyl (C=O) groups is 3. The lowest BCUT2D eigenvalue weighted by atomic mass is 9.93. The van der Waals surface area contributed by atoms with Crippen LogP contribution in [0.25, 0.3) is 22.3 Å². The number of ketones is 1. The standard InChI is InChI=1S/C35H32F2O7/c1-18(2)30(38)15-23-13-24(42-33(39)19(3)4)10-12-25(23)22-9-11-26(28(36)14-22)27-16-29(37)32(44-35(41)21(7)8)17-31(27)43-34(40)20(5)6/h9-14,16-17,35,41H,1,3,5,7,15H2,2,4,6,8H3. The lowest BCUT2D eigenvalue weighted by Gasteiger charge is -2.18.